The van der Waals surface area contributed by atoms with Gasteiger partial charge in [0.2, 0.25) is 0 Å². The molecule has 0 amide bonds. The molecule has 152 valence electrons. The van der Waals surface area contributed by atoms with E-state index in [0.717, 1.165) is 22.3 Å². The SMILES string of the molecule is CC.Cc1cn(-c2cnn(C)c2)c2nc(-c3ccc(OC(F)(F)F)cc3)ccc12. The number of hydrogen-bond donors (Lipinski definition) is 0. The van der Waals surface area contributed by atoms with Crippen LogP contribution < -0.4 is 4.74 Å². The first kappa shape index (κ1) is 20.4. The lowest BCUT2D eigenvalue weighted by Crippen LogP contribution is -2.16. The largest absolute Gasteiger partial charge is 0.573 e. The number of ether oxygens (including phenoxy) is 1. The number of fused-ring (bicyclic) bond motifs is 1. The molecule has 0 aliphatic carbocycles. The summed E-state index contributed by atoms with van der Waals surface area (Å²) < 4.78 is 44.5. The second-order valence-corrected chi connectivity index (χ2v) is 6.19. The van der Waals surface area contributed by atoms with Crippen LogP contribution in [-0.4, -0.2) is 25.7 Å². The molecular weight excluding hydrogens is 381 g/mol. The van der Waals surface area contributed by atoms with Crippen LogP contribution >= 0.6 is 0 Å². The molecule has 0 saturated heterocycles. The summed E-state index contributed by atoms with van der Waals surface area (Å²) in [6.45, 7) is 6.00. The van der Waals surface area contributed by atoms with Gasteiger partial charge in [0, 0.05) is 30.4 Å². The van der Waals surface area contributed by atoms with Gasteiger partial charge in [0.05, 0.1) is 17.6 Å². The highest BCUT2D eigenvalue weighted by molar-refractivity contribution is 5.84. The summed E-state index contributed by atoms with van der Waals surface area (Å²) in [5.41, 5.74) is 4.07. The van der Waals surface area contributed by atoms with Gasteiger partial charge in [0.25, 0.3) is 0 Å². The molecule has 4 aromatic rings. The molecule has 3 aromatic heterocycles. The van der Waals surface area contributed by atoms with Crippen LogP contribution in [0.15, 0.2) is 55.0 Å². The molecule has 0 radical (unpaired) electrons. The summed E-state index contributed by atoms with van der Waals surface area (Å²) in [7, 11) is 1.84. The van der Waals surface area contributed by atoms with Crippen molar-refractivity contribution in [3.05, 3.63) is 60.6 Å². The topological polar surface area (TPSA) is 44.9 Å². The molecule has 4 rings (SSSR count). The predicted octanol–water partition coefficient (Wildman–Crippen LogP) is 5.66. The van der Waals surface area contributed by atoms with Crippen molar-refractivity contribution in [3.63, 3.8) is 0 Å². The second kappa shape index (κ2) is 7.98. The molecule has 0 saturated carbocycles. The van der Waals surface area contributed by atoms with Crippen LogP contribution in [0.4, 0.5) is 13.2 Å². The number of halogens is 3. The first-order valence-corrected chi connectivity index (χ1v) is 9.14. The van der Waals surface area contributed by atoms with E-state index in [0.29, 0.717) is 11.3 Å². The molecule has 0 N–H and O–H groups in total. The average Bonchev–Trinajstić information content (AvgIpc) is 3.26. The Morgan fingerprint density at radius 3 is 2.24 bits per heavy atom. The lowest BCUT2D eigenvalue weighted by molar-refractivity contribution is -0.274. The Bertz CT molecular complexity index is 1110. The van der Waals surface area contributed by atoms with E-state index in [1.807, 2.05) is 56.9 Å². The monoisotopic (exact) mass is 402 g/mol. The Morgan fingerprint density at radius 2 is 1.66 bits per heavy atom. The number of aromatic nitrogens is 4. The Kier molecular flexibility index (Phi) is 5.63. The van der Waals surface area contributed by atoms with E-state index >= 15 is 0 Å². The van der Waals surface area contributed by atoms with Gasteiger partial charge in [-0.3, -0.25) is 9.25 Å². The quantitative estimate of drug-likeness (QED) is 0.444. The Labute approximate surface area is 166 Å². The zero-order valence-electron chi connectivity index (χ0n) is 16.5. The lowest BCUT2D eigenvalue weighted by atomic mass is 10.1. The minimum Gasteiger partial charge on any atom is -0.406 e. The van der Waals surface area contributed by atoms with Gasteiger partial charge >= 0.3 is 6.36 Å². The van der Waals surface area contributed by atoms with Crippen LogP contribution in [0.1, 0.15) is 19.4 Å². The van der Waals surface area contributed by atoms with Crippen molar-refractivity contribution in [1.29, 1.82) is 0 Å². The van der Waals surface area contributed by atoms with Crippen molar-refractivity contribution >= 4 is 11.0 Å². The molecule has 29 heavy (non-hydrogen) atoms. The number of pyridine rings is 1. The van der Waals surface area contributed by atoms with Crippen LogP contribution in [0.5, 0.6) is 5.75 Å². The highest BCUT2D eigenvalue weighted by Crippen LogP contribution is 2.29. The van der Waals surface area contributed by atoms with E-state index in [4.69, 9.17) is 4.98 Å². The number of rotatable bonds is 3. The molecule has 5 nitrogen and oxygen atoms in total. The minimum atomic E-state index is -4.71. The molecule has 0 aliphatic heterocycles. The predicted molar refractivity (Wildman–Crippen MR) is 106 cm³/mol. The van der Waals surface area contributed by atoms with Gasteiger partial charge in [-0.05, 0) is 48.9 Å². The highest BCUT2D eigenvalue weighted by Gasteiger charge is 2.31. The molecular formula is C21H21F3N4O. The number of alkyl halides is 3. The standard InChI is InChI=1S/C19H15F3N4O.C2H6/c1-12-10-26(14-9-23-25(2)11-14)18-16(12)7-8-17(24-18)13-3-5-15(6-4-13)27-19(20,21)22;1-2/h3-11H,1-2H3;1-2H3. The van der Waals surface area contributed by atoms with Crippen molar-refractivity contribution in [1.82, 2.24) is 19.3 Å². The molecule has 0 atom stereocenters. The van der Waals surface area contributed by atoms with E-state index in [9.17, 15) is 13.2 Å². The van der Waals surface area contributed by atoms with Crippen LogP contribution in [-0.2, 0) is 7.05 Å². The average molecular weight is 402 g/mol. The van der Waals surface area contributed by atoms with Gasteiger partial charge in [-0.1, -0.05) is 13.8 Å². The molecule has 0 fully saturated rings. The van der Waals surface area contributed by atoms with Crippen LogP contribution in [0.3, 0.4) is 0 Å². The fraction of sp³-hybridized carbons (Fsp3) is 0.238. The second-order valence-electron chi connectivity index (χ2n) is 6.19. The van der Waals surface area contributed by atoms with Crippen molar-refractivity contribution in [2.45, 2.75) is 27.1 Å². The lowest BCUT2D eigenvalue weighted by Gasteiger charge is -2.09. The molecule has 3 heterocycles. The minimum absolute atomic E-state index is 0.262. The maximum absolute atomic E-state index is 12.3. The molecule has 8 heteroatoms. The van der Waals surface area contributed by atoms with Crippen LogP contribution in [0.2, 0.25) is 0 Å². The van der Waals surface area contributed by atoms with Crippen LogP contribution in [0, 0.1) is 6.92 Å². The van der Waals surface area contributed by atoms with E-state index in [1.165, 1.54) is 12.1 Å². The van der Waals surface area contributed by atoms with Gasteiger partial charge < -0.3 is 4.74 Å². The smallest absolute Gasteiger partial charge is 0.406 e. The molecule has 0 bridgehead atoms. The first-order valence-electron chi connectivity index (χ1n) is 9.14. The number of hydrogen-bond acceptors (Lipinski definition) is 3. The molecule has 0 unspecified atom stereocenters. The van der Waals surface area contributed by atoms with Gasteiger partial charge in [-0.25, -0.2) is 4.98 Å². The van der Waals surface area contributed by atoms with Crippen molar-refractivity contribution < 1.29 is 17.9 Å². The normalized spacial score (nSPS) is 11.3. The third kappa shape index (κ3) is 4.42. The van der Waals surface area contributed by atoms with E-state index in [2.05, 4.69) is 9.84 Å². The Hall–Kier alpha value is -3.29. The van der Waals surface area contributed by atoms with Crippen molar-refractivity contribution in [3.8, 4) is 22.7 Å². The number of benzene rings is 1. The highest BCUT2D eigenvalue weighted by atomic mass is 19.4. The first-order chi connectivity index (χ1) is 13.8. The third-order valence-electron chi connectivity index (χ3n) is 4.20. The van der Waals surface area contributed by atoms with Crippen molar-refractivity contribution in [2.75, 3.05) is 0 Å². The summed E-state index contributed by atoms with van der Waals surface area (Å²) in [5.74, 6) is -0.262. The number of aryl methyl sites for hydroxylation is 2. The summed E-state index contributed by atoms with van der Waals surface area (Å²) >= 11 is 0. The van der Waals surface area contributed by atoms with Gasteiger partial charge in [-0.2, -0.15) is 5.10 Å². The third-order valence-corrected chi connectivity index (χ3v) is 4.20. The molecule has 0 spiro atoms. The zero-order chi connectivity index (χ0) is 21.2. The van der Waals surface area contributed by atoms with Gasteiger partial charge in [-0.15, -0.1) is 13.2 Å². The van der Waals surface area contributed by atoms with E-state index in [1.54, 1.807) is 23.0 Å². The maximum Gasteiger partial charge on any atom is 0.573 e. The zero-order valence-corrected chi connectivity index (χ0v) is 16.5. The summed E-state index contributed by atoms with van der Waals surface area (Å²) in [6, 6.07) is 9.47. The molecule has 0 aliphatic rings. The van der Waals surface area contributed by atoms with E-state index < -0.39 is 6.36 Å². The summed E-state index contributed by atoms with van der Waals surface area (Å²) in [4.78, 5) is 4.72. The van der Waals surface area contributed by atoms with Crippen LogP contribution in [0.25, 0.3) is 28.0 Å². The Balaban J connectivity index is 0.00000117. The summed E-state index contributed by atoms with van der Waals surface area (Å²) in [5, 5.41) is 5.19. The molecule has 1 aromatic carbocycles. The number of nitrogens with zero attached hydrogens (tertiary/aromatic N) is 4. The fourth-order valence-corrected chi connectivity index (χ4v) is 2.98. The van der Waals surface area contributed by atoms with Gasteiger partial charge in [0.1, 0.15) is 11.4 Å². The van der Waals surface area contributed by atoms with E-state index in [-0.39, 0.29) is 5.75 Å². The van der Waals surface area contributed by atoms with Crippen molar-refractivity contribution in [2.24, 2.45) is 7.05 Å². The summed E-state index contributed by atoms with van der Waals surface area (Å²) in [6.07, 6.45) is 0.909. The maximum atomic E-state index is 12.3. The fourth-order valence-electron chi connectivity index (χ4n) is 2.98. The van der Waals surface area contributed by atoms with Gasteiger partial charge in [0.15, 0.2) is 0 Å². The Morgan fingerprint density at radius 1 is 0.966 bits per heavy atom.